The van der Waals surface area contributed by atoms with Crippen molar-refractivity contribution in [1.29, 1.82) is 0 Å². The van der Waals surface area contributed by atoms with Gasteiger partial charge in [0.05, 0.1) is 19.3 Å². The Balaban J connectivity index is 1.54. The summed E-state index contributed by atoms with van der Waals surface area (Å²) in [6.45, 7) is 4.26. The Labute approximate surface area is 196 Å². The number of ether oxygens (including phenoxy) is 1. The molecule has 6 nitrogen and oxygen atoms in total. The Hall–Kier alpha value is -4.26. The van der Waals surface area contributed by atoms with Crippen molar-refractivity contribution in [3.05, 3.63) is 124 Å². The predicted molar refractivity (Wildman–Crippen MR) is 129 cm³/mol. The summed E-state index contributed by atoms with van der Waals surface area (Å²) in [6.07, 6.45) is 2.17. The normalized spacial score (nSPS) is 10.8. The van der Waals surface area contributed by atoms with Crippen molar-refractivity contribution >= 4 is 11.4 Å². The third kappa shape index (κ3) is 4.88. The van der Waals surface area contributed by atoms with Gasteiger partial charge in [-0.05, 0) is 53.4 Å². The quantitative estimate of drug-likeness (QED) is 0.293. The number of pyridine rings is 1. The van der Waals surface area contributed by atoms with E-state index in [1.165, 1.54) is 22.9 Å². The van der Waals surface area contributed by atoms with Gasteiger partial charge in [-0.25, -0.2) is 4.39 Å². The van der Waals surface area contributed by atoms with Crippen LogP contribution in [0.25, 0.3) is 5.57 Å². The first-order valence-corrected chi connectivity index (χ1v) is 10.7. The number of carbonyl (C=O) groups excluding carboxylic acids is 1. The van der Waals surface area contributed by atoms with Crippen molar-refractivity contribution in [3.63, 3.8) is 0 Å². The van der Waals surface area contributed by atoms with Crippen LogP contribution in [-0.4, -0.2) is 27.2 Å². The maximum atomic E-state index is 13.4. The molecular weight excluding hydrogens is 433 g/mol. The van der Waals surface area contributed by atoms with E-state index in [1.807, 2.05) is 36.4 Å². The number of aromatic nitrogens is 3. The van der Waals surface area contributed by atoms with Crippen LogP contribution in [0.2, 0.25) is 0 Å². The maximum Gasteiger partial charge on any atom is 0.267 e. The van der Waals surface area contributed by atoms with Crippen LogP contribution in [0.5, 0.6) is 5.75 Å². The molecule has 2 heterocycles. The van der Waals surface area contributed by atoms with Gasteiger partial charge in [0.25, 0.3) is 5.56 Å². The van der Waals surface area contributed by atoms with Gasteiger partial charge in [-0.15, -0.1) is 0 Å². The molecule has 0 bridgehead atoms. The highest BCUT2D eigenvalue weighted by molar-refractivity contribution is 6.27. The summed E-state index contributed by atoms with van der Waals surface area (Å²) in [6, 6.07) is 18.7. The minimum Gasteiger partial charge on any atom is -0.497 e. The molecular formula is C27H24FN3O3. The first-order valence-electron chi connectivity index (χ1n) is 10.7. The minimum absolute atomic E-state index is 0.186. The molecule has 2 aromatic heterocycles. The summed E-state index contributed by atoms with van der Waals surface area (Å²) in [5, 5.41) is 0. The van der Waals surface area contributed by atoms with E-state index in [0.717, 1.165) is 22.4 Å². The van der Waals surface area contributed by atoms with Crippen molar-refractivity contribution < 1.29 is 13.9 Å². The van der Waals surface area contributed by atoms with Crippen LogP contribution in [0, 0.1) is 5.82 Å². The lowest BCUT2D eigenvalue weighted by Crippen LogP contribution is -2.21. The van der Waals surface area contributed by atoms with Crippen LogP contribution in [0.3, 0.4) is 0 Å². The van der Waals surface area contributed by atoms with Gasteiger partial charge in [0, 0.05) is 24.9 Å². The SMILES string of the molecule is C=C(C(=O)c1cc(=O)n(C)n1Cc1ccc(OC)cc1)c1ccc(Cc2cccc(F)c2)cn1. The van der Waals surface area contributed by atoms with Crippen molar-refractivity contribution in [2.24, 2.45) is 7.05 Å². The van der Waals surface area contributed by atoms with Gasteiger partial charge in [-0.1, -0.05) is 36.9 Å². The van der Waals surface area contributed by atoms with E-state index >= 15 is 0 Å². The third-order valence-corrected chi connectivity index (χ3v) is 5.65. The summed E-state index contributed by atoms with van der Waals surface area (Å²) >= 11 is 0. The molecule has 0 atom stereocenters. The van der Waals surface area contributed by atoms with Gasteiger partial charge in [-0.3, -0.25) is 23.9 Å². The van der Waals surface area contributed by atoms with Crippen molar-refractivity contribution in [1.82, 2.24) is 14.3 Å². The molecule has 0 amide bonds. The molecule has 0 aliphatic heterocycles. The smallest absolute Gasteiger partial charge is 0.267 e. The van der Waals surface area contributed by atoms with Crippen LogP contribution in [-0.2, 0) is 20.0 Å². The summed E-state index contributed by atoms with van der Waals surface area (Å²) in [5.41, 5.74) is 3.17. The molecule has 0 aliphatic rings. The molecule has 0 spiro atoms. The molecule has 0 aliphatic carbocycles. The lowest BCUT2D eigenvalue weighted by Gasteiger charge is -2.13. The topological polar surface area (TPSA) is 66.1 Å². The van der Waals surface area contributed by atoms with E-state index in [4.69, 9.17) is 4.74 Å². The van der Waals surface area contributed by atoms with E-state index in [9.17, 15) is 14.0 Å². The fraction of sp³-hybridized carbons (Fsp3) is 0.148. The highest BCUT2D eigenvalue weighted by atomic mass is 19.1. The average Bonchev–Trinajstić information content (AvgIpc) is 3.12. The van der Waals surface area contributed by atoms with Crippen LogP contribution in [0.4, 0.5) is 4.39 Å². The number of carbonyl (C=O) groups is 1. The van der Waals surface area contributed by atoms with Crippen LogP contribution < -0.4 is 10.3 Å². The molecule has 0 radical (unpaired) electrons. The fourth-order valence-electron chi connectivity index (χ4n) is 3.70. The van der Waals surface area contributed by atoms with Gasteiger partial charge in [0.1, 0.15) is 17.3 Å². The van der Waals surface area contributed by atoms with E-state index in [1.54, 1.807) is 37.2 Å². The highest BCUT2D eigenvalue weighted by Crippen LogP contribution is 2.19. The second-order valence-corrected chi connectivity index (χ2v) is 7.96. The molecule has 4 rings (SSSR count). The molecule has 4 aromatic rings. The largest absolute Gasteiger partial charge is 0.497 e. The first-order chi connectivity index (χ1) is 16.4. The third-order valence-electron chi connectivity index (χ3n) is 5.65. The summed E-state index contributed by atoms with van der Waals surface area (Å²) in [4.78, 5) is 30.0. The summed E-state index contributed by atoms with van der Waals surface area (Å²) in [5.74, 6) is 0.0583. The van der Waals surface area contributed by atoms with Gasteiger partial charge < -0.3 is 4.74 Å². The number of nitrogens with zero attached hydrogens (tertiary/aromatic N) is 3. The predicted octanol–water partition coefficient (Wildman–Crippen LogP) is 4.26. The Morgan fingerprint density at radius 1 is 1.03 bits per heavy atom. The van der Waals surface area contributed by atoms with Gasteiger partial charge in [0.15, 0.2) is 0 Å². The number of rotatable bonds is 8. The van der Waals surface area contributed by atoms with E-state index < -0.39 is 0 Å². The van der Waals surface area contributed by atoms with E-state index in [0.29, 0.717) is 18.7 Å². The number of halogens is 1. The summed E-state index contributed by atoms with van der Waals surface area (Å²) in [7, 11) is 3.21. The number of Topliss-reactive ketones (excluding diaryl/α,β-unsaturated/α-hetero) is 1. The Kier molecular flexibility index (Phi) is 6.54. The standard InChI is InChI=1S/C27H24FN3O3/c1-18(24-12-9-21(16-29-24)13-20-5-4-6-22(28)14-20)27(33)25-15-26(32)30(2)31(25)17-19-7-10-23(34-3)11-8-19/h4-12,14-16H,1,13,17H2,2-3H3. The zero-order chi connectivity index (χ0) is 24.2. The molecule has 7 heteroatoms. The lowest BCUT2D eigenvalue weighted by molar-refractivity contribution is 0.104. The molecule has 0 fully saturated rings. The molecule has 0 N–H and O–H groups in total. The molecule has 34 heavy (non-hydrogen) atoms. The molecule has 0 saturated carbocycles. The number of allylic oxidation sites excluding steroid dienone is 1. The monoisotopic (exact) mass is 457 g/mol. The van der Waals surface area contributed by atoms with Crippen molar-refractivity contribution in [2.45, 2.75) is 13.0 Å². The Morgan fingerprint density at radius 3 is 2.41 bits per heavy atom. The average molecular weight is 458 g/mol. The number of methoxy groups -OCH3 is 1. The van der Waals surface area contributed by atoms with Crippen LogP contribution in [0.1, 0.15) is 32.9 Å². The minimum atomic E-state index is -0.378. The van der Waals surface area contributed by atoms with E-state index in [-0.39, 0.29) is 28.4 Å². The zero-order valence-electron chi connectivity index (χ0n) is 19.0. The number of benzene rings is 2. The van der Waals surface area contributed by atoms with Crippen LogP contribution in [0.15, 0.2) is 84.3 Å². The molecule has 2 aromatic carbocycles. The number of hydrogen-bond acceptors (Lipinski definition) is 4. The van der Waals surface area contributed by atoms with Gasteiger partial charge in [0.2, 0.25) is 5.78 Å². The summed E-state index contributed by atoms with van der Waals surface area (Å²) < 4.78 is 21.6. The second-order valence-electron chi connectivity index (χ2n) is 7.96. The Bertz CT molecular complexity index is 1400. The fourth-order valence-corrected chi connectivity index (χ4v) is 3.70. The van der Waals surface area contributed by atoms with Crippen LogP contribution >= 0.6 is 0 Å². The first kappa shape index (κ1) is 22.9. The molecule has 172 valence electrons. The van der Waals surface area contributed by atoms with Crippen molar-refractivity contribution in [3.8, 4) is 5.75 Å². The molecule has 0 unspecified atom stereocenters. The zero-order valence-corrected chi connectivity index (χ0v) is 19.0. The lowest BCUT2D eigenvalue weighted by atomic mass is 10.0. The number of ketones is 1. The second kappa shape index (κ2) is 9.70. The number of hydrogen-bond donors (Lipinski definition) is 0. The van der Waals surface area contributed by atoms with Gasteiger partial charge in [-0.2, -0.15) is 0 Å². The highest BCUT2D eigenvalue weighted by Gasteiger charge is 2.20. The van der Waals surface area contributed by atoms with Gasteiger partial charge >= 0.3 is 0 Å². The Morgan fingerprint density at radius 2 is 1.76 bits per heavy atom. The molecule has 0 saturated heterocycles. The van der Waals surface area contributed by atoms with E-state index in [2.05, 4.69) is 11.6 Å². The van der Waals surface area contributed by atoms with Crippen molar-refractivity contribution in [2.75, 3.05) is 7.11 Å². The maximum absolute atomic E-state index is 13.4.